The Labute approximate surface area is 62.7 Å². The van der Waals surface area contributed by atoms with Crippen LogP contribution in [0.25, 0.3) is 0 Å². The summed E-state index contributed by atoms with van der Waals surface area (Å²) in [6, 6.07) is 0. The van der Waals surface area contributed by atoms with Gasteiger partial charge in [0, 0.05) is 41.1 Å². The van der Waals surface area contributed by atoms with Crippen molar-refractivity contribution in [2.24, 2.45) is 0 Å². The van der Waals surface area contributed by atoms with Gasteiger partial charge in [0.25, 0.3) is 5.97 Å². The topological polar surface area (TPSA) is 68.8 Å². The molecule has 0 aromatic carbocycles. The Balaban J connectivity index is -0.0000000150. The summed E-state index contributed by atoms with van der Waals surface area (Å²) in [6.07, 6.45) is 0. The molecule has 0 aromatic heterocycles. The van der Waals surface area contributed by atoms with Crippen LogP contribution >= 0.6 is 0 Å². The van der Waals surface area contributed by atoms with Crippen LogP contribution in [0.5, 0.6) is 0 Å². The molecule has 0 aromatic rings. The average molecular weight is 190 g/mol. The number of carbonyl (C=O) groups is 1. The van der Waals surface area contributed by atoms with Gasteiger partial charge in [-0.15, -0.1) is 0 Å². The molecule has 0 aliphatic rings. The number of hydrogen-bond donors (Lipinski definition) is 1. The molecule has 0 saturated heterocycles. The van der Waals surface area contributed by atoms with Crippen LogP contribution in [0.3, 0.4) is 0 Å². The van der Waals surface area contributed by atoms with Gasteiger partial charge < -0.3 is 10.6 Å². The van der Waals surface area contributed by atoms with Gasteiger partial charge in [0.2, 0.25) is 0 Å². The molecule has 7 heavy (non-hydrogen) atoms. The van der Waals surface area contributed by atoms with Gasteiger partial charge in [0.05, 0.1) is 0 Å². The standard InChI is InChI=1S/C2H4O2.2Fe.H2O/c1-2(3)4;;;/h1H3,(H,3,4);;;1H2. The normalized spacial score (nSPS) is 3.57. The third-order valence-corrected chi connectivity index (χ3v) is 0. The second-order valence-corrected chi connectivity index (χ2v) is 0.519. The number of rotatable bonds is 0. The Hall–Kier alpha value is 0.469. The van der Waals surface area contributed by atoms with Crippen LogP contribution < -0.4 is 0 Å². The van der Waals surface area contributed by atoms with E-state index in [0.29, 0.717) is 0 Å². The fraction of sp³-hybridized carbons (Fsp3) is 0.500. The molecule has 5 heteroatoms. The zero-order chi connectivity index (χ0) is 3.58. The maximum absolute atomic E-state index is 9.00. The van der Waals surface area contributed by atoms with Crippen molar-refractivity contribution in [3.8, 4) is 0 Å². The summed E-state index contributed by atoms with van der Waals surface area (Å²) in [5, 5.41) is 7.42. The molecule has 0 aliphatic carbocycles. The summed E-state index contributed by atoms with van der Waals surface area (Å²) in [5.41, 5.74) is 0. The van der Waals surface area contributed by atoms with E-state index in [9.17, 15) is 0 Å². The van der Waals surface area contributed by atoms with Crippen molar-refractivity contribution in [3.63, 3.8) is 0 Å². The van der Waals surface area contributed by atoms with Gasteiger partial charge >= 0.3 is 0 Å². The number of carboxylic acid groups (broad SMARTS) is 1. The first-order valence-electron chi connectivity index (χ1n) is 0.928. The van der Waals surface area contributed by atoms with Crippen molar-refractivity contribution in [1.29, 1.82) is 0 Å². The maximum Gasteiger partial charge on any atom is 0.300 e. The van der Waals surface area contributed by atoms with Crippen molar-refractivity contribution in [2.75, 3.05) is 0 Å². The zero-order valence-electron chi connectivity index (χ0n) is 3.56. The summed E-state index contributed by atoms with van der Waals surface area (Å²) < 4.78 is 0. The van der Waals surface area contributed by atoms with Crippen molar-refractivity contribution in [3.05, 3.63) is 0 Å². The van der Waals surface area contributed by atoms with Crippen LogP contribution in [0.4, 0.5) is 0 Å². The van der Waals surface area contributed by atoms with Gasteiger partial charge in [-0.1, -0.05) is 0 Å². The summed E-state index contributed by atoms with van der Waals surface area (Å²) >= 11 is 0. The van der Waals surface area contributed by atoms with Gasteiger partial charge in [0.15, 0.2) is 0 Å². The molecule has 0 aliphatic heterocycles. The number of hydrogen-bond acceptors (Lipinski definition) is 1. The van der Waals surface area contributed by atoms with Crippen LogP contribution in [-0.2, 0) is 38.9 Å². The number of carboxylic acids is 1. The van der Waals surface area contributed by atoms with Gasteiger partial charge in [-0.3, -0.25) is 4.79 Å². The fourth-order valence-electron chi connectivity index (χ4n) is 0. The predicted molar refractivity (Wildman–Crippen MR) is 16.9 cm³/mol. The van der Waals surface area contributed by atoms with E-state index in [2.05, 4.69) is 0 Å². The number of aliphatic carboxylic acids is 1. The molecular weight excluding hydrogens is 184 g/mol. The summed E-state index contributed by atoms with van der Waals surface area (Å²) in [6.45, 7) is 1.08. The molecule has 0 saturated carbocycles. The molecule has 0 unspecified atom stereocenters. The first-order valence-corrected chi connectivity index (χ1v) is 0.928. The van der Waals surface area contributed by atoms with E-state index in [0.717, 1.165) is 6.92 Å². The van der Waals surface area contributed by atoms with Crippen LogP contribution in [0.1, 0.15) is 6.92 Å². The van der Waals surface area contributed by atoms with Crippen molar-refractivity contribution in [1.82, 2.24) is 0 Å². The van der Waals surface area contributed by atoms with E-state index in [-0.39, 0.29) is 39.6 Å². The smallest absolute Gasteiger partial charge is 0.300 e. The molecule has 0 spiro atoms. The average Bonchev–Trinajstić information content (AvgIpc) is 0.811. The molecular formula is C2H6Fe2O3. The molecule has 0 bridgehead atoms. The Morgan fingerprint density at radius 2 is 1.43 bits per heavy atom. The molecule has 0 atom stereocenters. The van der Waals surface area contributed by atoms with E-state index in [1.807, 2.05) is 0 Å². The largest absolute Gasteiger partial charge is 0.481 e. The van der Waals surface area contributed by atoms with E-state index in [1.54, 1.807) is 0 Å². The third kappa shape index (κ3) is 587. The predicted octanol–water partition coefficient (Wildman–Crippen LogP) is -0.739. The van der Waals surface area contributed by atoms with Crippen molar-refractivity contribution in [2.45, 2.75) is 6.92 Å². The first kappa shape index (κ1) is 26.0. The molecule has 0 radical (unpaired) electrons. The fourth-order valence-corrected chi connectivity index (χ4v) is 0. The summed E-state index contributed by atoms with van der Waals surface area (Å²) in [5.74, 6) is -0.833. The first-order chi connectivity index (χ1) is 1.73. The Bertz CT molecular complexity index is 33.9. The molecule has 3 nitrogen and oxygen atoms in total. The minimum atomic E-state index is -0.833. The van der Waals surface area contributed by atoms with Crippen LogP contribution in [0, 0.1) is 0 Å². The maximum atomic E-state index is 9.00. The Morgan fingerprint density at radius 1 is 1.43 bits per heavy atom. The Morgan fingerprint density at radius 3 is 1.43 bits per heavy atom. The Kier molecular flexibility index (Phi) is 59.7. The van der Waals surface area contributed by atoms with E-state index in [4.69, 9.17) is 9.90 Å². The van der Waals surface area contributed by atoms with E-state index in [1.165, 1.54) is 0 Å². The molecule has 0 amide bonds. The minimum absolute atomic E-state index is 0. The summed E-state index contributed by atoms with van der Waals surface area (Å²) in [7, 11) is 0. The van der Waals surface area contributed by atoms with Crippen LogP contribution in [0.15, 0.2) is 0 Å². The van der Waals surface area contributed by atoms with Crippen LogP contribution in [-0.4, -0.2) is 16.6 Å². The second-order valence-electron chi connectivity index (χ2n) is 0.519. The quantitative estimate of drug-likeness (QED) is 0.511. The van der Waals surface area contributed by atoms with Gasteiger partial charge in [0.1, 0.15) is 0 Å². The minimum Gasteiger partial charge on any atom is -0.481 e. The van der Waals surface area contributed by atoms with E-state index < -0.39 is 5.97 Å². The van der Waals surface area contributed by atoms with Crippen molar-refractivity contribution >= 4 is 5.97 Å². The molecule has 0 rings (SSSR count). The second kappa shape index (κ2) is 16.1. The van der Waals surface area contributed by atoms with Gasteiger partial charge in [-0.25, -0.2) is 0 Å². The molecule has 0 heterocycles. The monoisotopic (exact) mass is 190 g/mol. The van der Waals surface area contributed by atoms with Gasteiger partial charge in [-0.05, 0) is 0 Å². The molecule has 0 fully saturated rings. The van der Waals surface area contributed by atoms with Gasteiger partial charge in [-0.2, -0.15) is 0 Å². The van der Waals surface area contributed by atoms with Crippen molar-refractivity contribution < 1.29 is 49.5 Å². The van der Waals surface area contributed by atoms with Crippen LogP contribution in [0.2, 0.25) is 0 Å². The SMILES string of the molecule is CC(=O)O.O.[Fe].[Fe]. The summed E-state index contributed by atoms with van der Waals surface area (Å²) in [4.78, 5) is 9.00. The van der Waals surface area contributed by atoms with E-state index >= 15 is 0 Å². The third-order valence-electron chi connectivity index (χ3n) is 0. The molecule has 48 valence electrons. The zero-order valence-corrected chi connectivity index (χ0v) is 5.77. The molecule has 3 N–H and O–H groups in total.